The Balaban J connectivity index is 3.78. The molecule has 0 aliphatic rings. The molecule has 5 heteroatoms. The number of rotatable bonds is 4. The van der Waals surface area contributed by atoms with Crippen LogP contribution in [0.4, 0.5) is 0 Å². The van der Waals surface area contributed by atoms with Crippen LogP contribution in [0.15, 0.2) is 0 Å². The Morgan fingerprint density at radius 2 is 2.20 bits per heavy atom. The smallest absolute Gasteiger partial charge is 0.0620 e. The molecular weight excluding hydrogens is 152 g/mol. The van der Waals surface area contributed by atoms with E-state index in [1.807, 2.05) is 0 Å². The van der Waals surface area contributed by atoms with Gasteiger partial charge in [0.25, 0.3) is 0 Å². The first-order valence-corrected chi connectivity index (χ1v) is 4.90. The van der Waals surface area contributed by atoms with Crippen molar-refractivity contribution >= 4 is 10.8 Å². The molecule has 0 aliphatic carbocycles. The lowest BCUT2D eigenvalue weighted by Crippen LogP contribution is -2.29. The van der Waals surface area contributed by atoms with Gasteiger partial charge in [0, 0.05) is 26.4 Å². The van der Waals surface area contributed by atoms with Crippen LogP contribution in [0.2, 0.25) is 0 Å². The van der Waals surface area contributed by atoms with Crippen LogP contribution in [0, 0.1) is 0 Å². The van der Waals surface area contributed by atoms with Crippen LogP contribution in [0.1, 0.15) is 0 Å². The minimum Gasteiger partial charge on any atom is -0.329 e. The Bertz CT molecular complexity index is 99.6. The second-order valence-electron chi connectivity index (χ2n) is 2.07. The molecule has 0 saturated heterocycles. The zero-order valence-corrected chi connectivity index (χ0v) is 7.52. The molecule has 0 radical (unpaired) electrons. The molecule has 1 atom stereocenters. The maximum absolute atomic E-state index is 9.45. The van der Waals surface area contributed by atoms with Crippen molar-refractivity contribution in [3.8, 4) is 0 Å². The molecule has 1 unspecified atom stereocenters. The second-order valence-corrected chi connectivity index (χ2v) is 4.55. The summed E-state index contributed by atoms with van der Waals surface area (Å²) in [4.78, 5) is 0. The molecule has 3 N–H and O–H groups in total. The number of likely N-dealkylation sites (N-methyl/N-ethyl adjacent to an activating group) is 1. The van der Waals surface area contributed by atoms with Crippen LogP contribution < -0.4 is 5.73 Å². The third-order valence-corrected chi connectivity index (χ3v) is 3.31. The first kappa shape index (κ1) is 10.2. The molecule has 0 aliphatic heterocycles. The van der Waals surface area contributed by atoms with E-state index in [1.165, 1.54) is 7.11 Å². The third-order valence-electron chi connectivity index (χ3n) is 1.34. The van der Waals surface area contributed by atoms with Crippen molar-refractivity contribution in [2.45, 2.75) is 0 Å². The molecule has 0 aromatic rings. The molecular formula is C5H16N2O2S. The van der Waals surface area contributed by atoms with Crippen molar-refractivity contribution in [3.63, 3.8) is 0 Å². The van der Waals surface area contributed by atoms with Gasteiger partial charge in [0.1, 0.15) is 0 Å². The lowest BCUT2D eigenvalue weighted by Gasteiger charge is -2.40. The molecule has 0 bridgehead atoms. The molecule has 0 fully saturated rings. The average molecular weight is 168 g/mol. The molecule has 0 aromatic heterocycles. The van der Waals surface area contributed by atoms with Crippen LogP contribution in [0.25, 0.3) is 0 Å². The molecule has 4 nitrogen and oxygen atoms in total. The van der Waals surface area contributed by atoms with Crippen molar-refractivity contribution in [3.05, 3.63) is 0 Å². The Morgan fingerprint density at radius 1 is 1.70 bits per heavy atom. The highest BCUT2D eigenvalue weighted by Gasteiger charge is 2.13. The summed E-state index contributed by atoms with van der Waals surface area (Å²) in [5.74, 6) is 0. The van der Waals surface area contributed by atoms with Gasteiger partial charge >= 0.3 is 0 Å². The predicted molar refractivity (Wildman–Crippen MR) is 44.8 cm³/mol. The maximum Gasteiger partial charge on any atom is 0.0620 e. The van der Waals surface area contributed by atoms with Gasteiger partial charge in [-0.15, -0.1) is 10.8 Å². The summed E-state index contributed by atoms with van der Waals surface area (Å²) in [5, 5.41) is 0. The third kappa shape index (κ3) is 2.85. The van der Waals surface area contributed by atoms with E-state index in [0.29, 0.717) is 13.1 Å². The highest BCUT2D eigenvalue weighted by molar-refractivity contribution is 8.22. The quantitative estimate of drug-likeness (QED) is 0.632. The predicted octanol–water partition coefficient (Wildman–Crippen LogP) is 0.261. The second kappa shape index (κ2) is 4.15. The van der Waals surface area contributed by atoms with Crippen molar-refractivity contribution < 1.29 is 8.74 Å². The highest BCUT2D eigenvalue weighted by Crippen LogP contribution is 2.41. The minimum atomic E-state index is -2.01. The SMILES string of the molecule is COS(C)(O)N(C)CCN. The van der Waals surface area contributed by atoms with E-state index in [9.17, 15) is 4.55 Å². The van der Waals surface area contributed by atoms with Crippen molar-refractivity contribution in [2.24, 2.45) is 5.73 Å². The molecule has 0 saturated carbocycles. The van der Waals surface area contributed by atoms with Gasteiger partial charge in [-0.3, -0.25) is 8.74 Å². The summed E-state index contributed by atoms with van der Waals surface area (Å²) >= 11 is 0. The van der Waals surface area contributed by atoms with E-state index >= 15 is 0 Å². The zero-order chi connectivity index (χ0) is 8.20. The lowest BCUT2D eigenvalue weighted by atomic mass is 10.7. The topological polar surface area (TPSA) is 58.7 Å². The first-order valence-electron chi connectivity index (χ1n) is 3.02. The van der Waals surface area contributed by atoms with Gasteiger partial charge < -0.3 is 5.73 Å². The molecule has 10 heavy (non-hydrogen) atoms. The number of hydrogen-bond acceptors (Lipinski definition) is 4. The molecule has 0 spiro atoms. The van der Waals surface area contributed by atoms with E-state index in [4.69, 9.17) is 9.92 Å². The lowest BCUT2D eigenvalue weighted by molar-refractivity contribution is 0.338. The number of nitrogens with zero attached hydrogens (tertiary/aromatic N) is 1. The molecule has 0 amide bonds. The summed E-state index contributed by atoms with van der Waals surface area (Å²) in [6, 6.07) is 0. The summed E-state index contributed by atoms with van der Waals surface area (Å²) in [5.41, 5.74) is 5.29. The minimum absolute atomic E-state index is 0.531. The fourth-order valence-electron chi connectivity index (χ4n) is 0.478. The Labute approximate surface area is 63.8 Å². The van der Waals surface area contributed by atoms with Crippen molar-refractivity contribution in [1.29, 1.82) is 0 Å². The standard InChI is InChI=1S/C5H16N2O2S/c1-7(5-4-6)10(3,8)9-2/h8H,4-6H2,1-3H3. The number of hydrogen-bond donors (Lipinski definition) is 2. The van der Waals surface area contributed by atoms with Crippen LogP contribution in [0.3, 0.4) is 0 Å². The number of nitrogens with two attached hydrogens (primary N) is 1. The van der Waals surface area contributed by atoms with Gasteiger partial charge in [0.15, 0.2) is 0 Å². The molecule has 64 valence electrons. The van der Waals surface area contributed by atoms with E-state index in [0.717, 1.165) is 0 Å². The van der Waals surface area contributed by atoms with Gasteiger partial charge in [-0.1, -0.05) is 0 Å². The summed E-state index contributed by atoms with van der Waals surface area (Å²) < 4.78 is 16.0. The summed E-state index contributed by atoms with van der Waals surface area (Å²) in [7, 11) is 1.26. The molecule has 0 heterocycles. The molecule has 0 rings (SSSR count). The van der Waals surface area contributed by atoms with Crippen LogP contribution in [0.5, 0.6) is 0 Å². The van der Waals surface area contributed by atoms with Gasteiger partial charge in [0.2, 0.25) is 0 Å². The summed E-state index contributed by atoms with van der Waals surface area (Å²) in [6.45, 7) is 1.18. The summed E-state index contributed by atoms with van der Waals surface area (Å²) in [6.07, 6.45) is 1.66. The Morgan fingerprint density at radius 3 is 2.50 bits per heavy atom. The van der Waals surface area contributed by atoms with Gasteiger partial charge in [0.05, 0.1) is 7.11 Å². The Hall–Kier alpha value is 0.190. The van der Waals surface area contributed by atoms with Gasteiger partial charge in [-0.05, 0) is 0 Å². The normalized spacial score (nSPS) is 20.6. The van der Waals surface area contributed by atoms with Crippen LogP contribution >= 0.6 is 10.8 Å². The zero-order valence-electron chi connectivity index (χ0n) is 6.70. The van der Waals surface area contributed by atoms with Crippen molar-refractivity contribution in [2.75, 3.05) is 33.5 Å². The monoisotopic (exact) mass is 168 g/mol. The molecule has 0 aromatic carbocycles. The van der Waals surface area contributed by atoms with Gasteiger partial charge in [-0.25, -0.2) is 4.31 Å². The largest absolute Gasteiger partial charge is 0.329 e. The highest BCUT2D eigenvalue weighted by atomic mass is 32.3. The first-order chi connectivity index (χ1) is 4.54. The van der Waals surface area contributed by atoms with E-state index in [2.05, 4.69) is 0 Å². The van der Waals surface area contributed by atoms with E-state index < -0.39 is 10.8 Å². The van der Waals surface area contributed by atoms with E-state index in [-0.39, 0.29) is 0 Å². The van der Waals surface area contributed by atoms with Gasteiger partial charge in [-0.2, -0.15) is 0 Å². The van der Waals surface area contributed by atoms with E-state index in [1.54, 1.807) is 17.6 Å². The van der Waals surface area contributed by atoms with Crippen molar-refractivity contribution in [1.82, 2.24) is 4.31 Å². The van der Waals surface area contributed by atoms with Crippen LogP contribution in [-0.2, 0) is 4.18 Å². The average Bonchev–Trinajstić information content (AvgIpc) is 1.89. The van der Waals surface area contributed by atoms with Crippen LogP contribution in [-0.4, -0.2) is 42.4 Å². The Kier molecular flexibility index (Phi) is 4.23. The fraction of sp³-hybridized carbons (Fsp3) is 1.00. The maximum atomic E-state index is 9.45. The fourth-order valence-corrected chi connectivity index (χ4v) is 1.18.